The van der Waals surface area contributed by atoms with Gasteiger partial charge in [-0.15, -0.1) is 0 Å². The average molecular weight is 401 g/mol. The summed E-state index contributed by atoms with van der Waals surface area (Å²) in [5.74, 6) is 2.64. The number of hydrogen-bond acceptors (Lipinski definition) is 3. The summed E-state index contributed by atoms with van der Waals surface area (Å²) in [6.07, 6.45) is 5.02. The highest BCUT2D eigenvalue weighted by Gasteiger charge is 2.42. The van der Waals surface area contributed by atoms with E-state index < -0.39 is 0 Å². The van der Waals surface area contributed by atoms with Gasteiger partial charge in [-0.2, -0.15) is 0 Å². The summed E-state index contributed by atoms with van der Waals surface area (Å²) >= 11 is 2.17. The SMILES string of the molecule is COc1cc(I)c(C(=O)NC(C2CC2)C2CC2)cc1OC. The molecule has 1 amide bonds. The van der Waals surface area contributed by atoms with Gasteiger partial charge < -0.3 is 14.8 Å². The van der Waals surface area contributed by atoms with E-state index >= 15 is 0 Å². The van der Waals surface area contributed by atoms with Crippen molar-refractivity contribution >= 4 is 28.5 Å². The first kappa shape index (κ1) is 14.9. The first-order chi connectivity index (χ1) is 10.1. The molecule has 0 unspecified atom stereocenters. The van der Waals surface area contributed by atoms with Gasteiger partial charge in [0.05, 0.1) is 19.8 Å². The third kappa shape index (κ3) is 3.27. The number of nitrogens with one attached hydrogen (secondary N) is 1. The molecule has 2 fully saturated rings. The molecule has 0 saturated heterocycles. The van der Waals surface area contributed by atoms with Gasteiger partial charge in [0, 0.05) is 9.61 Å². The van der Waals surface area contributed by atoms with Crippen LogP contribution in [0, 0.1) is 15.4 Å². The Hall–Kier alpha value is -0.980. The van der Waals surface area contributed by atoms with Gasteiger partial charge in [0.2, 0.25) is 0 Å². The predicted molar refractivity (Wildman–Crippen MR) is 89.0 cm³/mol. The number of ether oxygens (including phenoxy) is 2. The summed E-state index contributed by atoms with van der Waals surface area (Å²) in [4.78, 5) is 12.6. The molecule has 2 aliphatic rings. The van der Waals surface area contributed by atoms with Gasteiger partial charge in [-0.25, -0.2) is 0 Å². The van der Waals surface area contributed by atoms with Crippen LogP contribution in [0.4, 0.5) is 0 Å². The van der Waals surface area contributed by atoms with Crippen molar-refractivity contribution in [3.05, 3.63) is 21.3 Å². The van der Waals surface area contributed by atoms with Crippen LogP contribution in [-0.4, -0.2) is 26.2 Å². The first-order valence-electron chi connectivity index (χ1n) is 7.36. The van der Waals surface area contributed by atoms with Crippen molar-refractivity contribution in [2.75, 3.05) is 14.2 Å². The smallest absolute Gasteiger partial charge is 0.252 e. The second-order valence-electron chi connectivity index (χ2n) is 5.86. The van der Waals surface area contributed by atoms with Crippen LogP contribution in [0.15, 0.2) is 12.1 Å². The topological polar surface area (TPSA) is 47.6 Å². The molecule has 4 nitrogen and oxygen atoms in total. The molecular formula is C16H20INO3. The fraction of sp³-hybridized carbons (Fsp3) is 0.562. The third-order valence-electron chi connectivity index (χ3n) is 4.28. The molecule has 1 aromatic rings. The Morgan fingerprint density at radius 3 is 2.14 bits per heavy atom. The summed E-state index contributed by atoms with van der Waals surface area (Å²) in [5.41, 5.74) is 0.666. The van der Waals surface area contributed by atoms with Gasteiger partial charge in [0.1, 0.15) is 0 Å². The molecule has 1 N–H and O–H groups in total. The maximum absolute atomic E-state index is 12.6. The predicted octanol–water partition coefficient (Wildman–Crippen LogP) is 3.23. The lowest BCUT2D eigenvalue weighted by Gasteiger charge is -2.19. The zero-order chi connectivity index (χ0) is 15.0. The Balaban J connectivity index is 1.79. The van der Waals surface area contributed by atoms with E-state index in [4.69, 9.17) is 9.47 Å². The molecule has 5 heteroatoms. The van der Waals surface area contributed by atoms with Gasteiger partial charge in [0.15, 0.2) is 11.5 Å². The summed E-state index contributed by atoms with van der Waals surface area (Å²) in [6, 6.07) is 3.98. The highest BCUT2D eigenvalue weighted by atomic mass is 127. The van der Waals surface area contributed by atoms with E-state index in [1.807, 2.05) is 6.07 Å². The van der Waals surface area contributed by atoms with E-state index in [0.29, 0.717) is 34.9 Å². The quantitative estimate of drug-likeness (QED) is 0.745. The van der Waals surface area contributed by atoms with Crippen LogP contribution in [0.2, 0.25) is 0 Å². The van der Waals surface area contributed by atoms with Crippen molar-refractivity contribution in [2.24, 2.45) is 11.8 Å². The normalized spacial score (nSPS) is 17.7. The molecule has 0 spiro atoms. The third-order valence-corrected chi connectivity index (χ3v) is 5.17. The zero-order valence-corrected chi connectivity index (χ0v) is 14.5. The minimum absolute atomic E-state index is 0.00385. The van der Waals surface area contributed by atoms with Crippen LogP contribution in [0.1, 0.15) is 36.0 Å². The van der Waals surface area contributed by atoms with Gasteiger partial charge in [-0.05, 0) is 72.2 Å². The lowest BCUT2D eigenvalue weighted by molar-refractivity contribution is 0.0925. The summed E-state index contributed by atoms with van der Waals surface area (Å²) in [6.45, 7) is 0. The molecule has 0 aromatic heterocycles. The van der Waals surface area contributed by atoms with E-state index in [-0.39, 0.29) is 5.91 Å². The van der Waals surface area contributed by atoms with E-state index in [9.17, 15) is 4.79 Å². The second-order valence-corrected chi connectivity index (χ2v) is 7.02. The molecule has 0 aliphatic heterocycles. The molecule has 2 saturated carbocycles. The monoisotopic (exact) mass is 401 g/mol. The van der Waals surface area contributed by atoms with Crippen LogP contribution in [0.5, 0.6) is 11.5 Å². The molecular weight excluding hydrogens is 381 g/mol. The summed E-state index contributed by atoms with van der Waals surface area (Å²) < 4.78 is 11.4. The number of rotatable bonds is 6. The lowest BCUT2D eigenvalue weighted by Crippen LogP contribution is -2.38. The number of halogens is 1. The fourth-order valence-corrected chi connectivity index (χ4v) is 3.47. The second kappa shape index (κ2) is 6.02. The van der Waals surface area contributed by atoms with Gasteiger partial charge >= 0.3 is 0 Å². The molecule has 1 aromatic carbocycles. The Bertz CT molecular complexity index is 541. The molecule has 3 rings (SSSR count). The van der Waals surface area contributed by atoms with Crippen molar-refractivity contribution in [1.82, 2.24) is 5.32 Å². The number of carbonyl (C=O) groups is 1. The Labute approximate surface area is 138 Å². The van der Waals surface area contributed by atoms with E-state index in [2.05, 4.69) is 27.9 Å². The summed E-state index contributed by atoms with van der Waals surface area (Å²) in [7, 11) is 3.19. The summed E-state index contributed by atoms with van der Waals surface area (Å²) in [5, 5.41) is 3.25. The Morgan fingerprint density at radius 1 is 1.14 bits per heavy atom. The van der Waals surface area contributed by atoms with Crippen LogP contribution >= 0.6 is 22.6 Å². The zero-order valence-electron chi connectivity index (χ0n) is 12.3. The van der Waals surface area contributed by atoms with Crippen LogP contribution in [0.25, 0.3) is 0 Å². The van der Waals surface area contributed by atoms with E-state index in [1.54, 1.807) is 20.3 Å². The average Bonchev–Trinajstić information content (AvgIpc) is 3.37. The minimum Gasteiger partial charge on any atom is -0.493 e. The molecule has 0 bridgehead atoms. The molecule has 21 heavy (non-hydrogen) atoms. The number of hydrogen-bond donors (Lipinski definition) is 1. The standard InChI is InChI=1S/C16H20INO3/c1-20-13-7-11(12(17)8-14(13)21-2)16(19)18-15(9-3-4-9)10-5-6-10/h7-10,15H,3-6H2,1-2H3,(H,18,19). The molecule has 0 atom stereocenters. The maximum atomic E-state index is 12.6. The first-order valence-corrected chi connectivity index (χ1v) is 8.44. The lowest BCUT2D eigenvalue weighted by atomic mass is 10.1. The Morgan fingerprint density at radius 2 is 1.67 bits per heavy atom. The van der Waals surface area contributed by atoms with Crippen molar-refractivity contribution in [3.8, 4) is 11.5 Å². The molecule has 0 radical (unpaired) electrons. The molecule has 0 heterocycles. The number of methoxy groups -OCH3 is 2. The van der Waals surface area contributed by atoms with Crippen molar-refractivity contribution < 1.29 is 14.3 Å². The Kier molecular flexibility index (Phi) is 4.28. The minimum atomic E-state index is 0.00385. The van der Waals surface area contributed by atoms with Crippen LogP contribution in [-0.2, 0) is 0 Å². The van der Waals surface area contributed by atoms with E-state index in [1.165, 1.54) is 25.7 Å². The van der Waals surface area contributed by atoms with Gasteiger partial charge in [0.25, 0.3) is 5.91 Å². The van der Waals surface area contributed by atoms with Gasteiger partial charge in [-0.3, -0.25) is 4.79 Å². The highest BCUT2D eigenvalue weighted by molar-refractivity contribution is 14.1. The van der Waals surface area contributed by atoms with Crippen molar-refractivity contribution in [3.63, 3.8) is 0 Å². The highest BCUT2D eigenvalue weighted by Crippen LogP contribution is 2.44. The van der Waals surface area contributed by atoms with Crippen LogP contribution < -0.4 is 14.8 Å². The molecule has 2 aliphatic carbocycles. The number of amides is 1. The van der Waals surface area contributed by atoms with Crippen molar-refractivity contribution in [2.45, 2.75) is 31.7 Å². The number of benzene rings is 1. The largest absolute Gasteiger partial charge is 0.493 e. The maximum Gasteiger partial charge on any atom is 0.252 e. The number of carbonyl (C=O) groups excluding carboxylic acids is 1. The van der Waals surface area contributed by atoms with E-state index in [0.717, 1.165) is 3.57 Å². The fourth-order valence-electron chi connectivity index (χ4n) is 2.79. The molecule has 114 valence electrons. The van der Waals surface area contributed by atoms with Gasteiger partial charge in [-0.1, -0.05) is 0 Å². The van der Waals surface area contributed by atoms with Crippen LogP contribution in [0.3, 0.4) is 0 Å². The van der Waals surface area contributed by atoms with Crippen molar-refractivity contribution in [1.29, 1.82) is 0 Å².